The van der Waals surface area contributed by atoms with Gasteiger partial charge in [-0.1, -0.05) is 0 Å². The van der Waals surface area contributed by atoms with E-state index in [0.29, 0.717) is 16.6 Å². The third-order valence-corrected chi connectivity index (χ3v) is 3.25. The van der Waals surface area contributed by atoms with Crippen LogP contribution in [0.25, 0.3) is 16.6 Å². The SMILES string of the molecule is O=C(O)CCn1c(=O)c2cccn2c2ccc(F)cc21. The highest BCUT2D eigenvalue weighted by Gasteiger charge is 2.12. The largest absolute Gasteiger partial charge is 0.481 e. The number of hydrogen-bond acceptors (Lipinski definition) is 2. The summed E-state index contributed by atoms with van der Waals surface area (Å²) in [5.41, 5.74) is 1.17. The molecule has 2 aromatic heterocycles. The van der Waals surface area contributed by atoms with Gasteiger partial charge in [-0.3, -0.25) is 9.59 Å². The quantitative estimate of drug-likeness (QED) is 0.793. The fourth-order valence-electron chi connectivity index (χ4n) is 2.36. The molecule has 1 N–H and O–H groups in total. The first kappa shape index (κ1) is 12.4. The van der Waals surface area contributed by atoms with Gasteiger partial charge in [0.1, 0.15) is 11.3 Å². The molecule has 3 rings (SSSR count). The topological polar surface area (TPSA) is 63.7 Å². The number of aryl methyl sites for hydroxylation is 1. The first-order valence-corrected chi connectivity index (χ1v) is 6.09. The molecule has 0 amide bonds. The number of hydrogen-bond donors (Lipinski definition) is 1. The predicted molar refractivity (Wildman–Crippen MR) is 71.4 cm³/mol. The average Bonchev–Trinajstić information content (AvgIpc) is 2.87. The summed E-state index contributed by atoms with van der Waals surface area (Å²) in [5.74, 6) is -1.47. The van der Waals surface area contributed by atoms with Gasteiger partial charge in [-0.2, -0.15) is 0 Å². The van der Waals surface area contributed by atoms with Crippen molar-refractivity contribution in [2.75, 3.05) is 0 Å². The number of carboxylic acid groups (broad SMARTS) is 1. The van der Waals surface area contributed by atoms with Gasteiger partial charge in [0.05, 0.1) is 17.5 Å². The van der Waals surface area contributed by atoms with E-state index in [9.17, 15) is 14.0 Å². The summed E-state index contributed by atoms with van der Waals surface area (Å²) in [6.45, 7) is 0.00972. The molecule has 0 saturated carbocycles. The first-order chi connectivity index (χ1) is 9.58. The normalized spacial score (nSPS) is 11.2. The van der Waals surface area contributed by atoms with Gasteiger partial charge in [0.25, 0.3) is 5.56 Å². The molecule has 20 heavy (non-hydrogen) atoms. The van der Waals surface area contributed by atoms with Crippen LogP contribution in [0.5, 0.6) is 0 Å². The minimum absolute atomic E-state index is 0.00972. The zero-order valence-corrected chi connectivity index (χ0v) is 10.4. The van der Waals surface area contributed by atoms with Crippen molar-refractivity contribution < 1.29 is 14.3 Å². The molecule has 0 aliphatic carbocycles. The Hall–Kier alpha value is -2.63. The molecular weight excluding hydrogens is 263 g/mol. The second-order valence-electron chi connectivity index (χ2n) is 4.50. The van der Waals surface area contributed by atoms with E-state index in [1.54, 1.807) is 28.8 Å². The van der Waals surface area contributed by atoms with Gasteiger partial charge < -0.3 is 14.1 Å². The fourth-order valence-corrected chi connectivity index (χ4v) is 2.36. The van der Waals surface area contributed by atoms with Gasteiger partial charge in [-0.05, 0) is 30.3 Å². The molecular formula is C14H11FN2O3. The summed E-state index contributed by atoms with van der Waals surface area (Å²) in [5, 5.41) is 8.77. The maximum absolute atomic E-state index is 13.4. The maximum atomic E-state index is 13.4. The molecule has 102 valence electrons. The lowest BCUT2D eigenvalue weighted by atomic mass is 10.2. The van der Waals surface area contributed by atoms with Crippen LogP contribution in [0.2, 0.25) is 0 Å². The Morgan fingerprint density at radius 1 is 1.20 bits per heavy atom. The van der Waals surface area contributed by atoms with Crippen LogP contribution in [0.1, 0.15) is 6.42 Å². The van der Waals surface area contributed by atoms with E-state index in [2.05, 4.69) is 0 Å². The Labute approximate surface area is 112 Å². The number of rotatable bonds is 3. The average molecular weight is 274 g/mol. The van der Waals surface area contributed by atoms with Gasteiger partial charge >= 0.3 is 5.97 Å². The highest BCUT2D eigenvalue weighted by molar-refractivity contribution is 5.79. The lowest BCUT2D eigenvalue weighted by molar-refractivity contribution is -0.137. The number of halogens is 1. The Bertz CT molecular complexity index is 879. The molecule has 2 heterocycles. The number of carbonyl (C=O) groups is 1. The summed E-state index contributed by atoms with van der Waals surface area (Å²) in [6.07, 6.45) is 1.53. The summed E-state index contributed by atoms with van der Waals surface area (Å²) >= 11 is 0. The highest BCUT2D eigenvalue weighted by Crippen LogP contribution is 2.17. The van der Waals surface area contributed by atoms with Crippen molar-refractivity contribution in [2.24, 2.45) is 0 Å². The molecule has 0 spiro atoms. The van der Waals surface area contributed by atoms with E-state index in [1.807, 2.05) is 0 Å². The van der Waals surface area contributed by atoms with Gasteiger partial charge in [0.15, 0.2) is 0 Å². The molecule has 6 heteroatoms. The van der Waals surface area contributed by atoms with Crippen LogP contribution >= 0.6 is 0 Å². The molecule has 0 aliphatic rings. The summed E-state index contributed by atoms with van der Waals surface area (Å²) in [7, 11) is 0. The maximum Gasteiger partial charge on any atom is 0.305 e. The first-order valence-electron chi connectivity index (χ1n) is 6.09. The second kappa shape index (κ2) is 4.48. The molecule has 0 atom stereocenters. The van der Waals surface area contributed by atoms with E-state index in [1.165, 1.54) is 16.7 Å². The zero-order chi connectivity index (χ0) is 14.3. The number of carboxylic acids is 1. The Kier molecular flexibility index (Phi) is 2.78. The van der Waals surface area contributed by atoms with Gasteiger partial charge in [-0.15, -0.1) is 0 Å². The van der Waals surface area contributed by atoms with Crippen molar-refractivity contribution in [2.45, 2.75) is 13.0 Å². The Morgan fingerprint density at radius 3 is 2.75 bits per heavy atom. The lowest BCUT2D eigenvalue weighted by Gasteiger charge is -2.11. The molecule has 0 saturated heterocycles. The van der Waals surface area contributed by atoms with Crippen LogP contribution in [0.3, 0.4) is 0 Å². The van der Waals surface area contributed by atoms with Crippen LogP contribution in [-0.2, 0) is 11.3 Å². The molecule has 5 nitrogen and oxygen atoms in total. The van der Waals surface area contributed by atoms with Crippen molar-refractivity contribution in [1.82, 2.24) is 8.97 Å². The highest BCUT2D eigenvalue weighted by atomic mass is 19.1. The minimum atomic E-state index is -1.00. The standard InChI is InChI=1S/C14H11FN2O3/c15-9-3-4-10-12(8-9)17(7-5-13(18)19)14(20)11-2-1-6-16(10)11/h1-4,6,8H,5,7H2,(H,18,19). The van der Waals surface area contributed by atoms with Crippen LogP contribution < -0.4 is 5.56 Å². The van der Waals surface area contributed by atoms with Crippen molar-refractivity contribution in [3.8, 4) is 0 Å². The van der Waals surface area contributed by atoms with E-state index in [-0.39, 0.29) is 18.5 Å². The number of benzene rings is 1. The molecule has 1 aromatic carbocycles. The van der Waals surface area contributed by atoms with Gasteiger partial charge in [-0.25, -0.2) is 4.39 Å². The lowest BCUT2D eigenvalue weighted by Crippen LogP contribution is -2.24. The third kappa shape index (κ3) is 1.85. The van der Waals surface area contributed by atoms with Gasteiger partial charge in [0.2, 0.25) is 0 Å². The summed E-state index contributed by atoms with van der Waals surface area (Å²) in [6, 6.07) is 7.52. The minimum Gasteiger partial charge on any atom is -0.481 e. The summed E-state index contributed by atoms with van der Waals surface area (Å²) in [4.78, 5) is 23.1. The molecule has 0 bridgehead atoms. The van der Waals surface area contributed by atoms with Crippen LogP contribution in [0.15, 0.2) is 41.3 Å². The molecule has 3 aromatic rings. The van der Waals surface area contributed by atoms with Gasteiger partial charge in [0, 0.05) is 12.7 Å². The van der Waals surface area contributed by atoms with Crippen LogP contribution in [-0.4, -0.2) is 20.0 Å². The van der Waals surface area contributed by atoms with Crippen LogP contribution in [0.4, 0.5) is 4.39 Å². The van der Waals surface area contributed by atoms with Crippen molar-refractivity contribution in [1.29, 1.82) is 0 Å². The molecule has 0 radical (unpaired) electrons. The monoisotopic (exact) mass is 274 g/mol. The van der Waals surface area contributed by atoms with Crippen molar-refractivity contribution in [3.63, 3.8) is 0 Å². The van der Waals surface area contributed by atoms with E-state index in [0.717, 1.165) is 0 Å². The van der Waals surface area contributed by atoms with E-state index >= 15 is 0 Å². The van der Waals surface area contributed by atoms with Crippen molar-refractivity contribution >= 4 is 22.5 Å². The van der Waals surface area contributed by atoms with E-state index < -0.39 is 11.8 Å². The third-order valence-electron chi connectivity index (χ3n) is 3.25. The number of aromatic nitrogens is 2. The number of fused-ring (bicyclic) bond motifs is 3. The zero-order valence-electron chi connectivity index (χ0n) is 10.4. The Balaban J connectivity index is 2.38. The molecule has 0 unspecified atom stereocenters. The smallest absolute Gasteiger partial charge is 0.305 e. The predicted octanol–water partition coefficient (Wildman–Crippen LogP) is 1.87. The molecule has 0 fully saturated rings. The second-order valence-corrected chi connectivity index (χ2v) is 4.50. The Morgan fingerprint density at radius 2 is 2.00 bits per heavy atom. The fraction of sp³-hybridized carbons (Fsp3) is 0.143. The van der Waals surface area contributed by atoms with E-state index in [4.69, 9.17) is 5.11 Å². The number of aliphatic carboxylic acids is 1. The van der Waals surface area contributed by atoms with Crippen molar-refractivity contribution in [3.05, 3.63) is 52.7 Å². The van der Waals surface area contributed by atoms with Crippen LogP contribution in [0, 0.1) is 5.82 Å². The molecule has 0 aliphatic heterocycles. The summed E-state index contributed by atoms with van der Waals surface area (Å²) < 4.78 is 16.4. The number of nitrogens with zero attached hydrogens (tertiary/aromatic N) is 2.